The molecule has 0 aliphatic rings. The lowest BCUT2D eigenvalue weighted by molar-refractivity contribution is 0.460. The van der Waals surface area contributed by atoms with E-state index in [1.807, 2.05) is 12.1 Å². The van der Waals surface area contributed by atoms with Crippen LogP contribution in [0.2, 0.25) is 5.02 Å². The van der Waals surface area contributed by atoms with Gasteiger partial charge in [0.1, 0.15) is 5.75 Å². The van der Waals surface area contributed by atoms with Crippen molar-refractivity contribution in [1.29, 1.82) is 0 Å². The van der Waals surface area contributed by atoms with Gasteiger partial charge in [-0.15, -0.1) is 0 Å². The first-order chi connectivity index (χ1) is 7.66. The van der Waals surface area contributed by atoms with Gasteiger partial charge in [-0.1, -0.05) is 23.7 Å². The molecule has 0 unspecified atom stereocenters. The van der Waals surface area contributed by atoms with Crippen LogP contribution in [0.4, 0.5) is 5.69 Å². The summed E-state index contributed by atoms with van der Waals surface area (Å²) in [6.45, 7) is 0. The molecule has 0 aliphatic heterocycles. The standard InChI is InChI=1S/C11H8BrClN2O/c12-8-5-7(14)6-15-11(8)16-10-4-2-1-3-9(10)13/h1-6H,14H2. The van der Waals surface area contributed by atoms with Crippen LogP contribution in [0.1, 0.15) is 0 Å². The Bertz CT molecular complexity index is 519. The zero-order valence-electron chi connectivity index (χ0n) is 8.15. The molecule has 0 spiro atoms. The van der Waals surface area contributed by atoms with Gasteiger partial charge in [0, 0.05) is 0 Å². The predicted octanol–water partition coefficient (Wildman–Crippen LogP) is 3.87. The van der Waals surface area contributed by atoms with Crippen molar-refractivity contribution < 1.29 is 4.74 Å². The normalized spacial score (nSPS) is 10.1. The van der Waals surface area contributed by atoms with Crippen molar-refractivity contribution in [2.45, 2.75) is 0 Å². The fourth-order valence-electron chi connectivity index (χ4n) is 1.15. The first kappa shape index (κ1) is 11.2. The van der Waals surface area contributed by atoms with Crippen LogP contribution in [-0.4, -0.2) is 4.98 Å². The predicted molar refractivity (Wildman–Crippen MR) is 67.9 cm³/mol. The first-order valence-electron chi connectivity index (χ1n) is 4.50. The van der Waals surface area contributed by atoms with Crippen LogP contribution in [0.15, 0.2) is 41.0 Å². The molecule has 0 saturated carbocycles. The highest BCUT2D eigenvalue weighted by molar-refractivity contribution is 9.10. The summed E-state index contributed by atoms with van der Waals surface area (Å²) in [7, 11) is 0. The van der Waals surface area contributed by atoms with Gasteiger partial charge in [-0.05, 0) is 34.1 Å². The molecule has 2 rings (SSSR count). The highest BCUT2D eigenvalue weighted by atomic mass is 79.9. The van der Waals surface area contributed by atoms with Crippen LogP contribution in [0.25, 0.3) is 0 Å². The minimum atomic E-state index is 0.433. The number of rotatable bonds is 2. The average Bonchev–Trinajstić information content (AvgIpc) is 2.25. The second-order valence-electron chi connectivity index (χ2n) is 3.09. The Morgan fingerprint density at radius 1 is 1.31 bits per heavy atom. The Balaban J connectivity index is 2.31. The van der Waals surface area contributed by atoms with Crippen LogP contribution in [-0.2, 0) is 0 Å². The van der Waals surface area contributed by atoms with Gasteiger partial charge < -0.3 is 10.5 Å². The molecule has 0 amide bonds. The molecule has 0 radical (unpaired) electrons. The molecule has 82 valence electrons. The number of hydrogen-bond acceptors (Lipinski definition) is 3. The van der Waals surface area contributed by atoms with Crippen molar-refractivity contribution in [3.8, 4) is 11.6 Å². The monoisotopic (exact) mass is 298 g/mol. The lowest BCUT2D eigenvalue weighted by atomic mass is 10.3. The van der Waals surface area contributed by atoms with E-state index in [2.05, 4.69) is 20.9 Å². The third-order valence-corrected chi connectivity index (χ3v) is 2.75. The van der Waals surface area contributed by atoms with Gasteiger partial charge >= 0.3 is 0 Å². The number of anilines is 1. The van der Waals surface area contributed by atoms with Gasteiger partial charge in [0.15, 0.2) is 0 Å². The van der Waals surface area contributed by atoms with Crippen molar-refractivity contribution >= 4 is 33.2 Å². The topological polar surface area (TPSA) is 48.1 Å². The smallest absolute Gasteiger partial charge is 0.233 e. The Morgan fingerprint density at radius 3 is 2.75 bits per heavy atom. The summed E-state index contributed by atoms with van der Waals surface area (Å²) in [6.07, 6.45) is 1.52. The van der Waals surface area contributed by atoms with E-state index >= 15 is 0 Å². The SMILES string of the molecule is Nc1cnc(Oc2ccccc2Cl)c(Br)c1. The van der Waals surface area contributed by atoms with E-state index in [0.717, 1.165) is 0 Å². The van der Waals surface area contributed by atoms with E-state index in [-0.39, 0.29) is 0 Å². The molecular weight excluding hydrogens is 291 g/mol. The maximum absolute atomic E-state index is 5.96. The van der Waals surface area contributed by atoms with Crippen molar-refractivity contribution in [2.24, 2.45) is 0 Å². The molecule has 0 aliphatic carbocycles. The zero-order valence-corrected chi connectivity index (χ0v) is 10.5. The molecule has 2 N–H and O–H groups in total. The van der Waals surface area contributed by atoms with Crippen molar-refractivity contribution in [3.63, 3.8) is 0 Å². The van der Waals surface area contributed by atoms with Gasteiger partial charge in [0.2, 0.25) is 5.88 Å². The van der Waals surface area contributed by atoms with Crippen LogP contribution in [0, 0.1) is 0 Å². The Labute approximate surface area is 106 Å². The summed E-state index contributed by atoms with van der Waals surface area (Å²) in [4.78, 5) is 4.06. The van der Waals surface area contributed by atoms with Crippen LogP contribution < -0.4 is 10.5 Å². The molecule has 2 aromatic rings. The molecule has 0 bridgehead atoms. The molecule has 3 nitrogen and oxygen atoms in total. The number of para-hydroxylation sites is 1. The number of halogens is 2. The molecular formula is C11H8BrClN2O. The quantitative estimate of drug-likeness (QED) is 0.915. The summed E-state index contributed by atoms with van der Waals surface area (Å²) < 4.78 is 6.24. The molecule has 16 heavy (non-hydrogen) atoms. The van der Waals surface area contributed by atoms with Gasteiger partial charge in [0.25, 0.3) is 0 Å². The van der Waals surface area contributed by atoms with Gasteiger partial charge in [0.05, 0.1) is 21.4 Å². The highest BCUT2D eigenvalue weighted by Gasteiger charge is 2.07. The summed E-state index contributed by atoms with van der Waals surface area (Å²) in [5.74, 6) is 0.990. The average molecular weight is 300 g/mol. The van der Waals surface area contributed by atoms with Crippen molar-refractivity contribution in [3.05, 3.63) is 46.0 Å². The van der Waals surface area contributed by atoms with Gasteiger partial charge in [-0.2, -0.15) is 0 Å². The molecule has 1 heterocycles. The fraction of sp³-hybridized carbons (Fsp3) is 0. The third kappa shape index (κ3) is 2.46. The number of pyridine rings is 1. The Morgan fingerprint density at radius 2 is 2.06 bits per heavy atom. The summed E-state index contributed by atoms with van der Waals surface area (Å²) >= 11 is 9.28. The van der Waals surface area contributed by atoms with E-state index in [4.69, 9.17) is 22.1 Å². The number of nitrogen functional groups attached to an aromatic ring is 1. The van der Waals surface area contributed by atoms with Crippen LogP contribution >= 0.6 is 27.5 Å². The van der Waals surface area contributed by atoms with Crippen LogP contribution in [0.5, 0.6) is 11.6 Å². The third-order valence-electron chi connectivity index (χ3n) is 1.87. The molecule has 0 fully saturated rings. The lowest BCUT2D eigenvalue weighted by Gasteiger charge is -2.07. The Kier molecular flexibility index (Phi) is 3.31. The number of benzene rings is 1. The summed E-state index contributed by atoms with van der Waals surface area (Å²) in [5, 5.41) is 0.535. The molecule has 0 saturated heterocycles. The van der Waals surface area contributed by atoms with Gasteiger partial charge in [-0.3, -0.25) is 0 Å². The molecule has 0 atom stereocenters. The van der Waals surface area contributed by atoms with Crippen LogP contribution in [0.3, 0.4) is 0 Å². The van der Waals surface area contributed by atoms with Gasteiger partial charge in [-0.25, -0.2) is 4.98 Å². The van der Waals surface area contributed by atoms with E-state index in [9.17, 15) is 0 Å². The van der Waals surface area contributed by atoms with E-state index < -0.39 is 0 Å². The fourth-order valence-corrected chi connectivity index (χ4v) is 1.77. The van der Waals surface area contributed by atoms with E-state index in [1.54, 1.807) is 18.2 Å². The summed E-state index contributed by atoms with van der Waals surface area (Å²) in [5.41, 5.74) is 6.14. The highest BCUT2D eigenvalue weighted by Crippen LogP contribution is 2.32. The van der Waals surface area contributed by atoms with E-state index in [1.165, 1.54) is 6.20 Å². The number of nitrogens with zero attached hydrogens (tertiary/aromatic N) is 1. The second kappa shape index (κ2) is 4.72. The molecule has 5 heteroatoms. The number of aromatic nitrogens is 1. The first-order valence-corrected chi connectivity index (χ1v) is 5.67. The van der Waals surface area contributed by atoms with E-state index in [0.29, 0.717) is 26.8 Å². The minimum Gasteiger partial charge on any atom is -0.436 e. The lowest BCUT2D eigenvalue weighted by Crippen LogP contribution is -1.92. The zero-order chi connectivity index (χ0) is 11.5. The summed E-state index contributed by atoms with van der Waals surface area (Å²) in [6, 6.07) is 8.92. The van der Waals surface area contributed by atoms with Crippen molar-refractivity contribution in [1.82, 2.24) is 4.98 Å². The maximum Gasteiger partial charge on any atom is 0.233 e. The molecule has 1 aromatic carbocycles. The number of nitrogens with two attached hydrogens (primary N) is 1. The number of ether oxygens (including phenoxy) is 1. The largest absolute Gasteiger partial charge is 0.436 e. The van der Waals surface area contributed by atoms with Crippen molar-refractivity contribution in [2.75, 3.05) is 5.73 Å². The number of hydrogen-bond donors (Lipinski definition) is 1. The Hall–Kier alpha value is -1.26. The maximum atomic E-state index is 5.96. The second-order valence-corrected chi connectivity index (χ2v) is 4.35. The minimum absolute atomic E-state index is 0.433. The molecule has 1 aromatic heterocycles.